The second-order valence-electron chi connectivity index (χ2n) is 3.77. The van der Waals surface area contributed by atoms with E-state index in [4.69, 9.17) is 0 Å². The van der Waals surface area contributed by atoms with E-state index in [0.29, 0.717) is 0 Å². The Morgan fingerprint density at radius 3 is 2.80 bits per heavy atom. The van der Waals surface area contributed by atoms with E-state index in [9.17, 15) is 20.0 Å². The van der Waals surface area contributed by atoms with Crippen molar-refractivity contribution >= 4 is 34.7 Å². The van der Waals surface area contributed by atoms with E-state index in [-0.39, 0.29) is 17.1 Å². The molecule has 2 rings (SSSR count). The fraction of sp³-hybridized carbons (Fsp3) is 0. The van der Waals surface area contributed by atoms with Crippen LogP contribution in [0.2, 0.25) is 0 Å². The van der Waals surface area contributed by atoms with Gasteiger partial charge in [0.25, 0.3) is 5.69 Å². The molecule has 0 aliphatic rings. The quantitative estimate of drug-likeness (QED) is 0.392. The first-order chi connectivity index (χ1) is 9.58. The van der Waals surface area contributed by atoms with E-state index >= 15 is 0 Å². The standard InChI is InChI=1S/C13H10N2O4S/c16-11-5-1-4-10(15(18)19)13(11)14-12(17)7-6-9-3-2-8-20-9/h1-8,16H,(H,14,17)/b7-6+. The van der Waals surface area contributed by atoms with Gasteiger partial charge < -0.3 is 10.4 Å². The second-order valence-corrected chi connectivity index (χ2v) is 4.75. The summed E-state index contributed by atoms with van der Waals surface area (Å²) in [6.45, 7) is 0. The fourth-order valence-electron chi connectivity index (χ4n) is 1.52. The number of aromatic hydroxyl groups is 1. The monoisotopic (exact) mass is 290 g/mol. The van der Waals surface area contributed by atoms with Crippen LogP contribution in [0.3, 0.4) is 0 Å². The number of phenolic OH excluding ortho intramolecular Hbond substituents is 1. The molecule has 2 N–H and O–H groups in total. The van der Waals surface area contributed by atoms with Crippen LogP contribution in [0.15, 0.2) is 41.8 Å². The summed E-state index contributed by atoms with van der Waals surface area (Å²) in [7, 11) is 0. The Balaban J connectivity index is 2.18. The van der Waals surface area contributed by atoms with E-state index in [1.165, 1.54) is 35.6 Å². The molecule has 0 radical (unpaired) electrons. The lowest BCUT2D eigenvalue weighted by Gasteiger charge is -2.05. The minimum absolute atomic E-state index is 0.210. The maximum Gasteiger partial charge on any atom is 0.296 e. The Morgan fingerprint density at radius 2 is 2.15 bits per heavy atom. The molecule has 0 atom stereocenters. The average Bonchev–Trinajstić information content (AvgIpc) is 2.91. The first kappa shape index (κ1) is 13.8. The number of hydrogen-bond acceptors (Lipinski definition) is 5. The van der Waals surface area contributed by atoms with Crippen LogP contribution in [0.4, 0.5) is 11.4 Å². The van der Waals surface area contributed by atoms with Crippen molar-refractivity contribution in [1.82, 2.24) is 0 Å². The van der Waals surface area contributed by atoms with Crippen LogP contribution in [0.5, 0.6) is 5.75 Å². The van der Waals surface area contributed by atoms with Gasteiger partial charge in [0.15, 0.2) is 5.69 Å². The summed E-state index contributed by atoms with van der Waals surface area (Å²) in [4.78, 5) is 22.7. The number of para-hydroxylation sites is 1. The molecule has 1 aromatic carbocycles. The molecule has 0 aliphatic carbocycles. The fourth-order valence-corrected chi connectivity index (χ4v) is 2.14. The largest absolute Gasteiger partial charge is 0.505 e. The Labute approximate surface area is 118 Å². The van der Waals surface area contributed by atoms with Gasteiger partial charge in [-0.15, -0.1) is 11.3 Å². The molecule has 102 valence electrons. The number of amides is 1. The maximum atomic E-state index is 11.7. The van der Waals surface area contributed by atoms with Crippen molar-refractivity contribution < 1.29 is 14.8 Å². The van der Waals surface area contributed by atoms with Gasteiger partial charge in [0.1, 0.15) is 5.75 Å². The Kier molecular flexibility index (Phi) is 4.11. The van der Waals surface area contributed by atoms with Crippen LogP contribution in [0.1, 0.15) is 4.88 Å². The summed E-state index contributed by atoms with van der Waals surface area (Å²) in [5, 5.41) is 24.6. The maximum absolute atomic E-state index is 11.7. The van der Waals surface area contributed by atoms with E-state index < -0.39 is 10.8 Å². The normalized spacial score (nSPS) is 10.6. The lowest BCUT2D eigenvalue weighted by atomic mass is 10.2. The number of hydrogen-bond donors (Lipinski definition) is 2. The van der Waals surface area contributed by atoms with Crippen molar-refractivity contribution in [2.24, 2.45) is 0 Å². The lowest BCUT2D eigenvalue weighted by Crippen LogP contribution is -2.09. The summed E-state index contributed by atoms with van der Waals surface area (Å²) in [6.07, 6.45) is 2.84. The third kappa shape index (κ3) is 3.21. The number of rotatable bonds is 4. The van der Waals surface area contributed by atoms with E-state index in [1.54, 1.807) is 6.08 Å². The van der Waals surface area contributed by atoms with Gasteiger partial charge >= 0.3 is 0 Å². The van der Waals surface area contributed by atoms with Crippen molar-refractivity contribution in [3.63, 3.8) is 0 Å². The number of thiophene rings is 1. The summed E-state index contributed by atoms with van der Waals surface area (Å²) in [5.74, 6) is -0.903. The Morgan fingerprint density at radius 1 is 1.35 bits per heavy atom. The van der Waals surface area contributed by atoms with Crippen LogP contribution in [-0.2, 0) is 4.79 Å². The number of benzene rings is 1. The number of carbonyl (C=O) groups excluding carboxylic acids is 1. The van der Waals surface area contributed by atoms with Crippen LogP contribution in [-0.4, -0.2) is 15.9 Å². The van der Waals surface area contributed by atoms with Crippen LogP contribution >= 0.6 is 11.3 Å². The van der Waals surface area contributed by atoms with Crippen molar-refractivity contribution in [3.8, 4) is 5.75 Å². The Hall–Kier alpha value is -2.67. The first-order valence-electron chi connectivity index (χ1n) is 5.57. The van der Waals surface area contributed by atoms with Gasteiger partial charge in [0.2, 0.25) is 5.91 Å². The number of nitrogens with zero attached hydrogens (tertiary/aromatic N) is 1. The van der Waals surface area contributed by atoms with E-state index in [2.05, 4.69) is 5.32 Å². The molecule has 0 bridgehead atoms. The van der Waals surface area contributed by atoms with Gasteiger partial charge in [0.05, 0.1) is 4.92 Å². The van der Waals surface area contributed by atoms with Crippen molar-refractivity contribution in [2.45, 2.75) is 0 Å². The number of nitro groups is 1. The number of phenols is 1. The first-order valence-corrected chi connectivity index (χ1v) is 6.45. The zero-order chi connectivity index (χ0) is 14.5. The second kappa shape index (κ2) is 5.98. The molecular formula is C13H10N2O4S. The highest BCUT2D eigenvalue weighted by molar-refractivity contribution is 7.10. The number of nitro benzene ring substituents is 1. The smallest absolute Gasteiger partial charge is 0.296 e. The molecule has 0 saturated heterocycles. The van der Waals surface area contributed by atoms with Crippen molar-refractivity contribution in [1.29, 1.82) is 0 Å². The lowest BCUT2D eigenvalue weighted by molar-refractivity contribution is -0.384. The van der Waals surface area contributed by atoms with Crippen LogP contribution in [0.25, 0.3) is 6.08 Å². The average molecular weight is 290 g/mol. The number of nitrogens with one attached hydrogen (secondary N) is 1. The Bertz CT molecular complexity index is 665. The van der Waals surface area contributed by atoms with Gasteiger partial charge in [-0.3, -0.25) is 14.9 Å². The van der Waals surface area contributed by atoms with Gasteiger partial charge in [-0.2, -0.15) is 0 Å². The van der Waals surface area contributed by atoms with E-state index in [1.807, 2.05) is 17.5 Å². The van der Waals surface area contributed by atoms with Gasteiger partial charge in [0, 0.05) is 17.0 Å². The summed E-state index contributed by atoms with van der Waals surface area (Å²) in [5.41, 5.74) is -0.568. The molecule has 0 saturated carbocycles. The van der Waals surface area contributed by atoms with Crippen LogP contribution < -0.4 is 5.32 Å². The molecule has 1 aromatic heterocycles. The number of anilines is 1. The SMILES string of the molecule is O=C(/C=C/c1cccs1)Nc1c(O)cccc1[N+](=O)[O-]. The molecule has 20 heavy (non-hydrogen) atoms. The summed E-state index contributed by atoms with van der Waals surface area (Å²) < 4.78 is 0. The third-order valence-corrected chi connectivity index (χ3v) is 3.25. The predicted molar refractivity (Wildman–Crippen MR) is 76.7 cm³/mol. The molecule has 7 heteroatoms. The summed E-state index contributed by atoms with van der Waals surface area (Å²) in [6, 6.07) is 7.49. The third-order valence-electron chi connectivity index (χ3n) is 2.41. The molecule has 1 heterocycles. The molecule has 0 spiro atoms. The van der Waals surface area contributed by atoms with Gasteiger partial charge in [-0.1, -0.05) is 12.1 Å². The molecular weight excluding hydrogens is 280 g/mol. The van der Waals surface area contributed by atoms with Crippen molar-refractivity contribution in [3.05, 3.63) is 56.8 Å². The molecule has 0 aliphatic heterocycles. The molecule has 0 fully saturated rings. The number of carbonyl (C=O) groups is 1. The topological polar surface area (TPSA) is 92.5 Å². The molecule has 0 unspecified atom stereocenters. The minimum Gasteiger partial charge on any atom is -0.505 e. The van der Waals surface area contributed by atoms with Crippen molar-refractivity contribution in [2.75, 3.05) is 5.32 Å². The highest BCUT2D eigenvalue weighted by atomic mass is 32.1. The van der Waals surface area contributed by atoms with E-state index in [0.717, 1.165) is 4.88 Å². The summed E-state index contributed by atoms with van der Waals surface area (Å²) >= 11 is 1.46. The van der Waals surface area contributed by atoms with Gasteiger partial charge in [-0.25, -0.2) is 0 Å². The van der Waals surface area contributed by atoms with Crippen LogP contribution in [0, 0.1) is 10.1 Å². The zero-order valence-electron chi connectivity index (χ0n) is 10.1. The molecule has 1 amide bonds. The minimum atomic E-state index is -0.668. The highest BCUT2D eigenvalue weighted by Gasteiger charge is 2.18. The zero-order valence-corrected chi connectivity index (χ0v) is 11.0. The predicted octanol–water partition coefficient (Wildman–Crippen LogP) is 3.01. The molecule has 6 nitrogen and oxygen atoms in total. The molecule has 2 aromatic rings. The highest BCUT2D eigenvalue weighted by Crippen LogP contribution is 2.32. The van der Waals surface area contributed by atoms with Gasteiger partial charge in [-0.05, 0) is 23.6 Å².